The molecule has 0 fully saturated rings. The molecule has 88 valence electrons. The van der Waals surface area contributed by atoms with Crippen molar-refractivity contribution in [3.8, 4) is 5.75 Å². The molecule has 17 heavy (non-hydrogen) atoms. The molecule has 2 rings (SSSR count). The van der Waals surface area contributed by atoms with E-state index in [0.717, 1.165) is 5.56 Å². The zero-order valence-corrected chi connectivity index (χ0v) is 10.5. The van der Waals surface area contributed by atoms with Gasteiger partial charge in [-0.1, -0.05) is 22.0 Å². The van der Waals surface area contributed by atoms with Crippen LogP contribution in [0.5, 0.6) is 5.75 Å². The number of rotatable bonds is 4. The highest BCUT2D eigenvalue weighted by Gasteiger charge is 2.05. The van der Waals surface area contributed by atoms with E-state index in [1.807, 2.05) is 0 Å². The average Bonchev–Trinajstić information content (AvgIpc) is 2.38. The van der Waals surface area contributed by atoms with Crippen molar-refractivity contribution in [3.05, 3.63) is 53.9 Å². The SMILES string of the molecule is Fc1cc(CBr)ccc1OCc1ncccn1. The van der Waals surface area contributed by atoms with E-state index in [2.05, 4.69) is 25.9 Å². The molecule has 0 spiro atoms. The summed E-state index contributed by atoms with van der Waals surface area (Å²) in [5.41, 5.74) is 0.866. The van der Waals surface area contributed by atoms with E-state index in [-0.39, 0.29) is 18.2 Å². The van der Waals surface area contributed by atoms with E-state index < -0.39 is 0 Å². The number of nitrogens with zero attached hydrogens (tertiary/aromatic N) is 2. The first kappa shape index (κ1) is 12.0. The van der Waals surface area contributed by atoms with Crippen LogP contribution in [0.15, 0.2) is 36.7 Å². The Morgan fingerprint density at radius 2 is 2.00 bits per heavy atom. The van der Waals surface area contributed by atoms with Gasteiger partial charge >= 0.3 is 0 Å². The second-order valence-electron chi connectivity index (χ2n) is 3.35. The smallest absolute Gasteiger partial charge is 0.166 e. The van der Waals surface area contributed by atoms with Crippen LogP contribution in [0.2, 0.25) is 0 Å². The van der Waals surface area contributed by atoms with Gasteiger partial charge in [-0.3, -0.25) is 0 Å². The van der Waals surface area contributed by atoms with Crippen molar-refractivity contribution in [1.29, 1.82) is 0 Å². The number of ether oxygens (including phenoxy) is 1. The Bertz CT molecular complexity index is 493. The van der Waals surface area contributed by atoms with Crippen LogP contribution in [-0.2, 0) is 11.9 Å². The lowest BCUT2D eigenvalue weighted by Crippen LogP contribution is -2.01. The molecule has 0 aliphatic heterocycles. The molecule has 0 bridgehead atoms. The number of alkyl halides is 1. The fourth-order valence-electron chi connectivity index (χ4n) is 1.29. The van der Waals surface area contributed by atoms with Gasteiger partial charge in [0.2, 0.25) is 0 Å². The Labute approximate surface area is 107 Å². The van der Waals surface area contributed by atoms with Crippen molar-refractivity contribution >= 4 is 15.9 Å². The monoisotopic (exact) mass is 296 g/mol. The summed E-state index contributed by atoms with van der Waals surface area (Å²) in [5, 5.41) is 0.617. The van der Waals surface area contributed by atoms with E-state index >= 15 is 0 Å². The Morgan fingerprint density at radius 3 is 2.65 bits per heavy atom. The van der Waals surface area contributed by atoms with E-state index in [4.69, 9.17) is 4.74 Å². The van der Waals surface area contributed by atoms with Crippen molar-refractivity contribution in [2.75, 3.05) is 0 Å². The predicted octanol–water partition coefficient (Wildman–Crippen LogP) is 3.09. The van der Waals surface area contributed by atoms with Gasteiger partial charge in [0, 0.05) is 17.7 Å². The molecule has 1 aromatic carbocycles. The molecule has 3 nitrogen and oxygen atoms in total. The Hall–Kier alpha value is -1.49. The van der Waals surface area contributed by atoms with Crippen LogP contribution in [0, 0.1) is 5.82 Å². The minimum Gasteiger partial charge on any atom is -0.483 e. The normalized spacial score (nSPS) is 10.2. The molecule has 0 N–H and O–H groups in total. The van der Waals surface area contributed by atoms with Crippen LogP contribution in [0.4, 0.5) is 4.39 Å². The zero-order valence-electron chi connectivity index (χ0n) is 8.94. The minimum absolute atomic E-state index is 0.158. The molecule has 0 aliphatic carbocycles. The van der Waals surface area contributed by atoms with Gasteiger partial charge in [-0.05, 0) is 23.8 Å². The molecule has 1 aromatic heterocycles. The quantitative estimate of drug-likeness (QED) is 0.813. The molecule has 0 radical (unpaired) electrons. The first-order chi connectivity index (χ1) is 8.29. The van der Waals surface area contributed by atoms with Crippen molar-refractivity contribution in [3.63, 3.8) is 0 Å². The molecule has 1 heterocycles. The third-order valence-electron chi connectivity index (χ3n) is 2.13. The van der Waals surface area contributed by atoms with Gasteiger partial charge in [0.05, 0.1) is 0 Å². The van der Waals surface area contributed by atoms with Gasteiger partial charge in [-0.15, -0.1) is 0 Å². The fraction of sp³-hybridized carbons (Fsp3) is 0.167. The molecule has 0 saturated heterocycles. The number of aromatic nitrogens is 2. The zero-order chi connectivity index (χ0) is 12.1. The number of hydrogen-bond donors (Lipinski definition) is 0. The lowest BCUT2D eigenvalue weighted by atomic mass is 10.2. The Morgan fingerprint density at radius 1 is 1.24 bits per heavy atom. The van der Waals surface area contributed by atoms with Crippen LogP contribution in [0.3, 0.4) is 0 Å². The van der Waals surface area contributed by atoms with Gasteiger partial charge < -0.3 is 4.74 Å². The summed E-state index contributed by atoms with van der Waals surface area (Å²) >= 11 is 3.26. The third-order valence-corrected chi connectivity index (χ3v) is 2.77. The molecule has 0 amide bonds. The first-order valence-corrected chi connectivity index (χ1v) is 6.15. The maximum Gasteiger partial charge on any atom is 0.166 e. The standard InChI is InChI=1S/C12H10BrFN2O/c13-7-9-2-3-11(10(14)6-9)17-8-12-15-4-1-5-16-12/h1-6H,7-8H2. The van der Waals surface area contributed by atoms with E-state index in [9.17, 15) is 4.39 Å². The minimum atomic E-state index is -0.377. The van der Waals surface area contributed by atoms with E-state index in [1.54, 1.807) is 30.6 Å². The molecule has 0 saturated carbocycles. The summed E-state index contributed by atoms with van der Waals surface area (Å²) in [6, 6.07) is 6.57. The largest absolute Gasteiger partial charge is 0.483 e. The highest BCUT2D eigenvalue weighted by atomic mass is 79.9. The molecular formula is C12H10BrFN2O. The molecular weight excluding hydrogens is 287 g/mol. The highest BCUT2D eigenvalue weighted by molar-refractivity contribution is 9.08. The van der Waals surface area contributed by atoms with Gasteiger partial charge in [0.1, 0.15) is 6.61 Å². The van der Waals surface area contributed by atoms with Gasteiger partial charge in [0.25, 0.3) is 0 Å². The summed E-state index contributed by atoms with van der Waals surface area (Å²) in [6.45, 7) is 0.158. The lowest BCUT2D eigenvalue weighted by molar-refractivity contribution is 0.281. The van der Waals surface area contributed by atoms with Crippen LogP contribution in [0.1, 0.15) is 11.4 Å². The Kier molecular flexibility index (Phi) is 4.03. The Balaban J connectivity index is 2.04. The van der Waals surface area contributed by atoms with Crippen molar-refractivity contribution < 1.29 is 9.13 Å². The summed E-state index contributed by atoms with van der Waals surface area (Å²) in [4.78, 5) is 7.98. The summed E-state index contributed by atoms with van der Waals surface area (Å²) in [6.07, 6.45) is 3.24. The van der Waals surface area contributed by atoms with Crippen LogP contribution in [0.25, 0.3) is 0 Å². The number of benzene rings is 1. The maximum absolute atomic E-state index is 13.6. The topological polar surface area (TPSA) is 35.0 Å². The lowest BCUT2D eigenvalue weighted by Gasteiger charge is -2.06. The second kappa shape index (κ2) is 5.72. The first-order valence-electron chi connectivity index (χ1n) is 5.02. The van der Waals surface area contributed by atoms with Gasteiger partial charge in [-0.25, -0.2) is 14.4 Å². The van der Waals surface area contributed by atoms with Gasteiger partial charge in [0.15, 0.2) is 17.4 Å². The van der Waals surface area contributed by atoms with Crippen LogP contribution in [-0.4, -0.2) is 9.97 Å². The van der Waals surface area contributed by atoms with Crippen molar-refractivity contribution in [2.45, 2.75) is 11.9 Å². The van der Waals surface area contributed by atoms with Crippen LogP contribution >= 0.6 is 15.9 Å². The average molecular weight is 297 g/mol. The molecule has 5 heteroatoms. The number of hydrogen-bond acceptors (Lipinski definition) is 3. The fourth-order valence-corrected chi connectivity index (χ4v) is 1.64. The third kappa shape index (κ3) is 3.23. The molecule has 0 aliphatic rings. The van der Waals surface area contributed by atoms with Crippen LogP contribution < -0.4 is 4.74 Å². The molecule has 2 aromatic rings. The highest BCUT2D eigenvalue weighted by Crippen LogP contribution is 2.20. The van der Waals surface area contributed by atoms with Crippen molar-refractivity contribution in [2.24, 2.45) is 0 Å². The van der Waals surface area contributed by atoms with E-state index in [0.29, 0.717) is 11.2 Å². The molecule has 0 unspecified atom stereocenters. The number of halogens is 2. The van der Waals surface area contributed by atoms with E-state index in [1.165, 1.54) is 6.07 Å². The van der Waals surface area contributed by atoms with Gasteiger partial charge in [-0.2, -0.15) is 0 Å². The predicted molar refractivity (Wildman–Crippen MR) is 65.4 cm³/mol. The van der Waals surface area contributed by atoms with Crippen molar-refractivity contribution in [1.82, 2.24) is 9.97 Å². The molecule has 0 atom stereocenters. The second-order valence-corrected chi connectivity index (χ2v) is 3.91. The summed E-state index contributed by atoms with van der Waals surface area (Å²) in [5.74, 6) is 0.358. The summed E-state index contributed by atoms with van der Waals surface area (Å²) in [7, 11) is 0. The summed E-state index contributed by atoms with van der Waals surface area (Å²) < 4.78 is 18.9. The maximum atomic E-state index is 13.6.